The zero-order valence-electron chi connectivity index (χ0n) is 13.1. The lowest BCUT2D eigenvalue weighted by atomic mass is 10.2. The first kappa shape index (κ1) is 15.5. The number of benzene rings is 1. The SMILES string of the molecule is Cc1cc(C(=O)Nc2cccc(CNc3cccnc3N)c2)on1. The standard InChI is InChI=1S/C17H17N5O2/c1-11-8-15(24-22-11)17(23)21-13-5-2-4-12(9-13)10-20-14-6-3-7-19-16(14)18/h2-9,20H,10H2,1H3,(H2,18,19)(H,21,23). The molecule has 1 amide bonds. The Labute approximate surface area is 138 Å². The van der Waals surface area contributed by atoms with Gasteiger partial charge in [0.2, 0.25) is 5.76 Å². The van der Waals surface area contributed by atoms with Gasteiger partial charge in [-0.25, -0.2) is 4.98 Å². The molecule has 1 aromatic carbocycles. The normalized spacial score (nSPS) is 10.4. The summed E-state index contributed by atoms with van der Waals surface area (Å²) < 4.78 is 4.95. The minimum atomic E-state index is -0.336. The highest BCUT2D eigenvalue weighted by atomic mass is 16.5. The summed E-state index contributed by atoms with van der Waals surface area (Å²) in [4.78, 5) is 16.1. The summed E-state index contributed by atoms with van der Waals surface area (Å²) >= 11 is 0. The first-order chi connectivity index (χ1) is 11.6. The molecule has 0 spiro atoms. The molecule has 2 heterocycles. The van der Waals surface area contributed by atoms with E-state index in [0.717, 1.165) is 11.3 Å². The van der Waals surface area contributed by atoms with Crippen LogP contribution in [-0.4, -0.2) is 16.0 Å². The number of hydrogen-bond donors (Lipinski definition) is 3. The lowest BCUT2D eigenvalue weighted by molar-refractivity contribution is 0.0988. The number of nitrogens with zero attached hydrogens (tertiary/aromatic N) is 2. The molecule has 4 N–H and O–H groups in total. The van der Waals surface area contributed by atoms with Crippen LogP contribution in [0.5, 0.6) is 0 Å². The van der Waals surface area contributed by atoms with Crippen LogP contribution < -0.4 is 16.4 Å². The van der Waals surface area contributed by atoms with Gasteiger partial charge < -0.3 is 20.9 Å². The number of nitrogens with two attached hydrogens (primary N) is 1. The smallest absolute Gasteiger partial charge is 0.294 e. The van der Waals surface area contributed by atoms with E-state index >= 15 is 0 Å². The van der Waals surface area contributed by atoms with E-state index in [1.807, 2.05) is 36.4 Å². The third-order valence-electron chi connectivity index (χ3n) is 3.36. The predicted octanol–water partition coefficient (Wildman–Crippen LogP) is 2.82. The molecule has 2 aromatic heterocycles. The summed E-state index contributed by atoms with van der Waals surface area (Å²) in [5.74, 6) is 0.291. The van der Waals surface area contributed by atoms with Crippen molar-refractivity contribution < 1.29 is 9.32 Å². The van der Waals surface area contributed by atoms with E-state index in [0.29, 0.717) is 23.7 Å². The molecule has 7 nitrogen and oxygen atoms in total. The lowest BCUT2D eigenvalue weighted by Crippen LogP contribution is -2.11. The Morgan fingerprint density at radius 3 is 2.88 bits per heavy atom. The first-order valence-electron chi connectivity index (χ1n) is 7.40. The molecule has 3 aromatic rings. The van der Waals surface area contributed by atoms with Crippen LogP contribution in [0.4, 0.5) is 17.2 Å². The van der Waals surface area contributed by atoms with Crippen LogP contribution in [-0.2, 0) is 6.54 Å². The maximum atomic E-state index is 12.1. The fourth-order valence-corrected chi connectivity index (χ4v) is 2.19. The van der Waals surface area contributed by atoms with Crippen molar-refractivity contribution in [2.24, 2.45) is 0 Å². The van der Waals surface area contributed by atoms with Crippen LogP contribution in [0.1, 0.15) is 21.8 Å². The van der Waals surface area contributed by atoms with E-state index in [4.69, 9.17) is 10.3 Å². The number of carbonyl (C=O) groups is 1. The Kier molecular flexibility index (Phi) is 4.42. The van der Waals surface area contributed by atoms with E-state index < -0.39 is 0 Å². The number of pyridine rings is 1. The Bertz CT molecular complexity index is 859. The van der Waals surface area contributed by atoms with Crippen molar-refractivity contribution >= 4 is 23.1 Å². The molecular formula is C17H17N5O2. The third-order valence-corrected chi connectivity index (χ3v) is 3.36. The minimum Gasteiger partial charge on any atom is -0.382 e. The van der Waals surface area contributed by atoms with Gasteiger partial charge in [0.05, 0.1) is 11.4 Å². The molecule has 0 aliphatic carbocycles. The number of carbonyl (C=O) groups excluding carboxylic acids is 1. The average molecular weight is 323 g/mol. The number of amides is 1. The van der Waals surface area contributed by atoms with Crippen LogP contribution in [0, 0.1) is 6.92 Å². The molecule has 0 fully saturated rings. The molecule has 0 aliphatic rings. The molecular weight excluding hydrogens is 306 g/mol. The van der Waals surface area contributed by atoms with Gasteiger partial charge in [-0.05, 0) is 36.8 Å². The molecule has 0 atom stereocenters. The van der Waals surface area contributed by atoms with Crippen molar-refractivity contribution in [1.29, 1.82) is 0 Å². The van der Waals surface area contributed by atoms with Crippen molar-refractivity contribution in [2.45, 2.75) is 13.5 Å². The maximum absolute atomic E-state index is 12.1. The van der Waals surface area contributed by atoms with Gasteiger partial charge >= 0.3 is 0 Å². The van der Waals surface area contributed by atoms with E-state index in [1.54, 1.807) is 19.2 Å². The first-order valence-corrected chi connectivity index (χ1v) is 7.40. The Balaban J connectivity index is 1.66. The van der Waals surface area contributed by atoms with Crippen LogP contribution in [0.3, 0.4) is 0 Å². The Morgan fingerprint density at radius 2 is 2.12 bits per heavy atom. The van der Waals surface area contributed by atoms with Gasteiger partial charge in [0.1, 0.15) is 5.82 Å². The van der Waals surface area contributed by atoms with Gasteiger partial charge in [0.25, 0.3) is 5.91 Å². The molecule has 0 bridgehead atoms. The summed E-state index contributed by atoms with van der Waals surface area (Å²) in [7, 11) is 0. The van der Waals surface area contributed by atoms with Crippen molar-refractivity contribution in [3.05, 3.63) is 65.7 Å². The number of aryl methyl sites for hydroxylation is 1. The van der Waals surface area contributed by atoms with Crippen LogP contribution >= 0.6 is 0 Å². The second-order valence-corrected chi connectivity index (χ2v) is 5.28. The van der Waals surface area contributed by atoms with Crippen LogP contribution in [0.15, 0.2) is 53.2 Å². The molecule has 3 rings (SSSR count). The van der Waals surface area contributed by atoms with E-state index in [2.05, 4.69) is 20.8 Å². The van der Waals surface area contributed by atoms with E-state index in [9.17, 15) is 4.79 Å². The molecule has 122 valence electrons. The quantitative estimate of drug-likeness (QED) is 0.666. The highest BCUT2D eigenvalue weighted by Crippen LogP contribution is 2.17. The summed E-state index contributed by atoms with van der Waals surface area (Å²) in [5.41, 5.74) is 8.89. The molecule has 0 saturated heterocycles. The number of nitrogen functional groups attached to an aromatic ring is 1. The van der Waals surface area contributed by atoms with Gasteiger partial charge in [-0.1, -0.05) is 17.3 Å². The Hall–Kier alpha value is -3.35. The predicted molar refractivity (Wildman–Crippen MR) is 91.6 cm³/mol. The van der Waals surface area contributed by atoms with Gasteiger partial charge in [-0.15, -0.1) is 0 Å². The van der Waals surface area contributed by atoms with Gasteiger partial charge in [-0.2, -0.15) is 0 Å². The zero-order chi connectivity index (χ0) is 16.9. The third kappa shape index (κ3) is 3.70. The fraction of sp³-hybridized carbons (Fsp3) is 0.118. The molecule has 7 heteroatoms. The zero-order valence-corrected chi connectivity index (χ0v) is 13.1. The highest BCUT2D eigenvalue weighted by molar-refractivity contribution is 6.02. The number of rotatable bonds is 5. The lowest BCUT2D eigenvalue weighted by Gasteiger charge is -2.10. The van der Waals surface area contributed by atoms with Gasteiger partial charge in [-0.3, -0.25) is 4.79 Å². The molecule has 0 aliphatic heterocycles. The number of nitrogens with one attached hydrogen (secondary N) is 2. The van der Waals surface area contributed by atoms with Crippen molar-refractivity contribution in [2.75, 3.05) is 16.4 Å². The molecule has 24 heavy (non-hydrogen) atoms. The summed E-state index contributed by atoms with van der Waals surface area (Å²) in [6, 6.07) is 12.8. The molecule has 0 radical (unpaired) electrons. The largest absolute Gasteiger partial charge is 0.382 e. The average Bonchev–Trinajstić information content (AvgIpc) is 3.01. The minimum absolute atomic E-state index is 0.180. The summed E-state index contributed by atoms with van der Waals surface area (Å²) in [6.45, 7) is 2.32. The monoisotopic (exact) mass is 323 g/mol. The highest BCUT2D eigenvalue weighted by Gasteiger charge is 2.11. The second-order valence-electron chi connectivity index (χ2n) is 5.28. The van der Waals surface area contributed by atoms with Gasteiger partial charge in [0.15, 0.2) is 0 Å². The number of aromatic nitrogens is 2. The fourth-order valence-electron chi connectivity index (χ4n) is 2.19. The Morgan fingerprint density at radius 1 is 1.25 bits per heavy atom. The van der Waals surface area contributed by atoms with Crippen molar-refractivity contribution in [3.63, 3.8) is 0 Å². The number of hydrogen-bond acceptors (Lipinski definition) is 6. The van der Waals surface area contributed by atoms with Crippen molar-refractivity contribution in [1.82, 2.24) is 10.1 Å². The summed E-state index contributed by atoms with van der Waals surface area (Å²) in [5, 5.41) is 9.70. The molecule has 0 saturated carbocycles. The summed E-state index contributed by atoms with van der Waals surface area (Å²) in [6.07, 6.45) is 1.64. The number of anilines is 3. The van der Waals surface area contributed by atoms with Crippen LogP contribution in [0.2, 0.25) is 0 Å². The maximum Gasteiger partial charge on any atom is 0.294 e. The second kappa shape index (κ2) is 6.82. The molecule has 0 unspecified atom stereocenters. The van der Waals surface area contributed by atoms with Crippen LogP contribution in [0.25, 0.3) is 0 Å². The van der Waals surface area contributed by atoms with E-state index in [1.165, 1.54) is 0 Å². The van der Waals surface area contributed by atoms with Crippen molar-refractivity contribution in [3.8, 4) is 0 Å². The van der Waals surface area contributed by atoms with E-state index in [-0.39, 0.29) is 11.7 Å². The topological polar surface area (TPSA) is 106 Å². The van der Waals surface area contributed by atoms with Gasteiger partial charge in [0, 0.05) is 24.5 Å².